The first-order valence-corrected chi connectivity index (χ1v) is 6.82. The van der Waals surface area contributed by atoms with Gasteiger partial charge in [0.2, 0.25) is 0 Å². The Kier molecular flexibility index (Phi) is 2.83. The monoisotopic (exact) mass is 246 g/mol. The third-order valence-electron chi connectivity index (χ3n) is 4.21. The third kappa shape index (κ3) is 2.02. The molecule has 2 aliphatic rings. The molecule has 98 valence electrons. The Labute approximate surface area is 109 Å². The standard InChI is InChI=1S/C15H22N2O/c1-11-4-5-14-12(8-11)13(16)9-15(18-14)6-3-7-17(2)10-15/h4-5,8,13H,3,6-7,9-10,16H2,1-2H3/t13-,15?/m0/s1. The van der Waals surface area contributed by atoms with Crippen LogP contribution >= 0.6 is 0 Å². The molecule has 2 atom stereocenters. The van der Waals surface area contributed by atoms with Gasteiger partial charge in [0.25, 0.3) is 0 Å². The summed E-state index contributed by atoms with van der Waals surface area (Å²) in [5, 5.41) is 0. The van der Waals surface area contributed by atoms with Crippen molar-refractivity contribution in [1.82, 2.24) is 4.90 Å². The molecule has 18 heavy (non-hydrogen) atoms. The number of ether oxygens (including phenoxy) is 1. The van der Waals surface area contributed by atoms with Crippen molar-refractivity contribution in [3.63, 3.8) is 0 Å². The summed E-state index contributed by atoms with van der Waals surface area (Å²) in [7, 11) is 2.17. The van der Waals surface area contributed by atoms with E-state index in [1.165, 1.54) is 24.1 Å². The molecule has 1 aromatic rings. The lowest BCUT2D eigenvalue weighted by Crippen LogP contribution is -2.53. The average molecular weight is 246 g/mol. The second-order valence-corrected chi connectivity index (χ2v) is 5.98. The Hall–Kier alpha value is -1.06. The van der Waals surface area contributed by atoms with Crippen molar-refractivity contribution in [1.29, 1.82) is 0 Å². The zero-order valence-corrected chi connectivity index (χ0v) is 11.3. The predicted octanol–water partition coefficient (Wildman–Crippen LogP) is 2.24. The molecule has 1 spiro atoms. The molecule has 1 unspecified atom stereocenters. The number of aryl methyl sites for hydroxylation is 1. The van der Waals surface area contributed by atoms with Gasteiger partial charge in [0.15, 0.2) is 0 Å². The number of hydrogen-bond donors (Lipinski definition) is 1. The van der Waals surface area contributed by atoms with Crippen LogP contribution in [0.25, 0.3) is 0 Å². The molecular formula is C15H22N2O. The van der Waals surface area contributed by atoms with Crippen molar-refractivity contribution in [2.75, 3.05) is 20.1 Å². The summed E-state index contributed by atoms with van der Waals surface area (Å²) >= 11 is 0. The largest absolute Gasteiger partial charge is 0.486 e. The van der Waals surface area contributed by atoms with Gasteiger partial charge in [-0.1, -0.05) is 17.7 Å². The Morgan fingerprint density at radius 2 is 2.28 bits per heavy atom. The first-order chi connectivity index (χ1) is 8.58. The molecule has 3 heteroatoms. The van der Waals surface area contributed by atoms with Crippen molar-refractivity contribution < 1.29 is 4.74 Å². The lowest BCUT2D eigenvalue weighted by atomic mass is 9.82. The molecular weight excluding hydrogens is 224 g/mol. The summed E-state index contributed by atoms with van der Waals surface area (Å²) < 4.78 is 6.33. The van der Waals surface area contributed by atoms with Gasteiger partial charge in [-0.15, -0.1) is 0 Å². The highest BCUT2D eigenvalue weighted by Crippen LogP contribution is 2.42. The number of rotatable bonds is 0. The fourth-order valence-corrected chi connectivity index (χ4v) is 3.41. The summed E-state index contributed by atoms with van der Waals surface area (Å²) in [5.74, 6) is 0.995. The van der Waals surface area contributed by atoms with Crippen LogP contribution in [-0.2, 0) is 0 Å². The van der Waals surface area contributed by atoms with Crippen LogP contribution in [-0.4, -0.2) is 30.6 Å². The maximum absolute atomic E-state index is 6.37. The number of fused-ring (bicyclic) bond motifs is 1. The van der Waals surface area contributed by atoms with Crippen molar-refractivity contribution in [2.24, 2.45) is 5.73 Å². The van der Waals surface area contributed by atoms with E-state index in [2.05, 4.69) is 37.1 Å². The number of piperidine rings is 1. The molecule has 2 heterocycles. The lowest BCUT2D eigenvalue weighted by molar-refractivity contribution is -0.0234. The first kappa shape index (κ1) is 12.0. The number of hydrogen-bond acceptors (Lipinski definition) is 3. The highest BCUT2D eigenvalue weighted by atomic mass is 16.5. The number of benzene rings is 1. The molecule has 0 radical (unpaired) electrons. The van der Waals surface area contributed by atoms with E-state index in [9.17, 15) is 0 Å². The summed E-state index contributed by atoms with van der Waals surface area (Å²) in [6.45, 7) is 4.26. The van der Waals surface area contributed by atoms with Gasteiger partial charge in [-0.25, -0.2) is 0 Å². The minimum absolute atomic E-state index is 0.0608. The second-order valence-electron chi connectivity index (χ2n) is 5.98. The van der Waals surface area contributed by atoms with Crippen LogP contribution in [0.4, 0.5) is 0 Å². The fourth-order valence-electron chi connectivity index (χ4n) is 3.41. The molecule has 2 aliphatic heterocycles. The number of likely N-dealkylation sites (N-methyl/N-ethyl adjacent to an activating group) is 1. The van der Waals surface area contributed by atoms with E-state index in [-0.39, 0.29) is 11.6 Å². The van der Waals surface area contributed by atoms with Crippen LogP contribution in [0.5, 0.6) is 5.75 Å². The van der Waals surface area contributed by atoms with Crippen LogP contribution in [0.15, 0.2) is 18.2 Å². The quantitative estimate of drug-likeness (QED) is 0.763. The van der Waals surface area contributed by atoms with Gasteiger partial charge in [-0.05, 0) is 39.4 Å². The Bertz CT molecular complexity index is 460. The summed E-state index contributed by atoms with van der Waals surface area (Å²) in [4.78, 5) is 2.36. The molecule has 0 amide bonds. The maximum Gasteiger partial charge on any atom is 0.125 e. The highest BCUT2D eigenvalue weighted by Gasteiger charge is 2.42. The molecule has 1 saturated heterocycles. The highest BCUT2D eigenvalue weighted by molar-refractivity contribution is 5.41. The van der Waals surface area contributed by atoms with E-state index in [0.29, 0.717) is 0 Å². The minimum atomic E-state index is -0.0608. The summed E-state index contributed by atoms with van der Waals surface area (Å²) in [5.41, 5.74) is 8.74. The zero-order valence-electron chi connectivity index (χ0n) is 11.3. The van der Waals surface area contributed by atoms with Gasteiger partial charge in [0.1, 0.15) is 11.4 Å². The second kappa shape index (κ2) is 4.25. The first-order valence-electron chi connectivity index (χ1n) is 6.82. The molecule has 0 aromatic heterocycles. The van der Waals surface area contributed by atoms with Crippen molar-refractivity contribution in [3.05, 3.63) is 29.3 Å². The van der Waals surface area contributed by atoms with E-state index in [1.54, 1.807) is 0 Å². The predicted molar refractivity (Wildman–Crippen MR) is 72.8 cm³/mol. The van der Waals surface area contributed by atoms with Crippen molar-refractivity contribution >= 4 is 0 Å². The van der Waals surface area contributed by atoms with E-state index < -0.39 is 0 Å². The van der Waals surface area contributed by atoms with Gasteiger partial charge >= 0.3 is 0 Å². The van der Waals surface area contributed by atoms with Gasteiger partial charge in [-0.3, -0.25) is 0 Å². The molecule has 1 fully saturated rings. The molecule has 2 N–H and O–H groups in total. The molecule has 0 saturated carbocycles. The number of nitrogens with two attached hydrogens (primary N) is 1. The molecule has 3 nitrogen and oxygen atoms in total. The Morgan fingerprint density at radius 1 is 1.44 bits per heavy atom. The normalized spacial score (nSPS) is 32.1. The Balaban J connectivity index is 1.93. The van der Waals surface area contributed by atoms with E-state index in [4.69, 9.17) is 10.5 Å². The van der Waals surface area contributed by atoms with Crippen molar-refractivity contribution in [2.45, 2.75) is 37.8 Å². The number of likely N-dealkylation sites (tertiary alicyclic amines) is 1. The maximum atomic E-state index is 6.37. The third-order valence-corrected chi connectivity index (χ3v) is 4.21. The van der Waals surface area contributed by atoms with Crippen LogP contribution in [0.2, 0.25) is 0 Å². The van der Waals surface area contributed by atoms with Crippen LogP contribution < -0.4 is 10.5 Å². The average Bonchev–Trinajstić information content (AvgIpc) is 2.30. The smallest absolute Gasteiger partial charge is 0.125 e. The Morgan fingerprint density at radius 3 is 3.06 bits per heavy atom. The molecule has 0 aliphatic carbocycles. The lowest BCUT2D eigenvalue weighted by Gasteiger charge is -2.46. The topological polar surface area (TPSA) is 38.5 Å². The molecule has 0 bridgehead atoms. The van der Waals surface area contributed by atoms with E-state index >= 15 is 0 Å². The number of nitrogens with zero attached hydrogens (tertiary/aromatic N) is 1. The van der Waals surface area contributed by atoms with E-state index in [1.807, 2.05) is 0 Å². The van der Waals surface area contributed by atoms with Gasteiger partial charge in [0, 0.05) is 24.6 Å². The fraction of sp³-hybridized carbons (Fsp3) is 0.600. The van der Waals surface area contributed by atoms with Gasteiger partial charge in [0.05, 0.1) is 0 Å². The van der Waals surface area contributed by atoms with Gasteiger partial charge in [-0.2, -0.15) is 0 Å². The zero-order chi connectivity index (χ0) is 12.8. The molecule has 3 rings (SSSR count). The van der Waals surface area contributed by atoms with Crippen molar-refractivity contribution in [3.8, 4) is 5.75 Å². The SMILES string of the molecule is Cc1ccc2c(c1)[C@@H](N)CC1(CCCN(C)C1)O2. The van der Waals surface area contributed by atoms with E-state index in [0.717, 1.165) is 25.1 Å². The summed E-state index contributed by atoms with van der Waals surface area (Å²) in [6.07, 6.45) is 3.26. The summed E-state index contributed by atoms with van der Waals surface area (Å²) in [6, 6.07) is 6.47. The molecule has 1 aromatic carbocycles. The van der Waals surface area contributed by atoms with Crippen LogP contribution in [0, 0.1) is 6.92 Å². The van der Waals surface area contributed by atoms with Crippen LogP contribution in [0.3, 0.4) is 0 Å². The van der Waals surface area contributed by atoms with Gasteiger partial charge < -0.3 is 15.4 Å². The minimum Gasteiger partial charge on any atom is -0.486 e. The van der Waals surface area contributed by atoms with Crippen LogP contribution in [0.1, 0.15) is 36.4 Å².